The van der Waals surface area contributed by atoms with Crippen molar-refractivity contribution in [1.29, 1.82) is 0 Å². The van der Waals surface area contributed by atoms with Crippen LogP contribution in [0.3, 0.4) is 0 Å². The summed E-state index contributed by atoms with van der Waals surface area (Å²) in [7, 11) is 0. The van der Waals surface area contributed by atoms with Crippen molar-refractivity contribution >= 4 is 6.21 Å². The highest BCUT2D eigenvalue weighted by molar-refractivity contribution is 5.80. The van der Waals surface area contributed by atoms with Crippen LogP contribution in [0, 0.1) is 11.6 Å². The zero-order valence-corrected chi connectivity index (χ0v) is 7.15. The van der Waals surface area contributed by atoms with Gasteiger partial charge in [0.15, 0.2) is 0 Å². The Morgan fingerprint density at radius 2 is 1.80 bits per heavy atom. The van der Waals surface area contributed by atoms with Gasteiger partial charge in [0.25, 0.3) is 0 Å². The molecule has 1 rings (SSSR count). The molecule has 0 aliphatic carbocycles. The smallest absolute Gasteiger partial charge is 0.323 e. The molecule has 0 aliphatic rings. The molecule has 2 nitrogen and oxygen atoms in total. The molecule has 2 N–H and O–H groups in total. The fourth-order valence-electron chi connectivity index (χ4n) is 0.981. The van der Waals surface area contributed by atoms with Crippen LogP contribution in [0.2, 0.25) is 0 Å². The van der Waals surface area contributed by atoms with Crippen LogP contribution in [0.5, 0.6) is 0 Å². The Bertz CT molecular complexity index is 397. The first kappa shape index (κ1) is 11.4. The third kappa shape index (κ3) is 2.23. The van der Waals surface area contributed by atoms with Gasteiger partial charge in [-0.1, -0.05) is 0 Å². The summed E-state index contributed by atoms with van der Waals surface area (Å²) in [5, 5.41) is 2.78. The summed E-state index contributed by atoms with van der Waals surface area (Å²) < 4.78 is 62.4. The minimum Gasteiger partial charge on any atom is -0.323 e. The largest absolute Gasteiger partial charge is 0.419 e. The molecular weight excluding hydrogens is 219 g/mol. The van der Waals surface area contributed by atoms with Crippen LogP contribution in [0.15, 0.2) is 17.2 Å². The molecule has 0 aromatic heterocycles. The number of halogens is 5. The minimum absolute atomic E-state index is 0.318. The Hall–Kier alpha value is -1.66. The summed E-state index contributed by atoms with van der Waals surface area (Å²) in [5.41, 5.74) is -2.47. The fourth-order valence-corrected chi connectivity index (χ4v) is 0.981. The lowest BCUT2D eigenvalue weighted by Crippen LogP contribution is -2.11. The van der Waals surface area contributed by atoms with E-state index in [1.807, 2.05) is 0 Å². The van der Waals surface area contributed by atoms with Gasteiger partial charge in [-0.25, -0.2) is 8.78 Å². The van der Waals surface area contributed by atoms with Crippen LogP contribution in [-0.2, 0) is 6.18 Å². The third-order valence-electron chi connectivity index (χ3n) is 1.64. The molecule has 0 amide bonds. The number of hydrazone groups is 1. The maximum absolute atomic E-state index is 13.1. The van der Waals surface area contributed by atoms with Gasteiger partial charge in [-0.05, 0) is 12.1 Å². The molecule has 0 unspecified atom stereocenters. The molecule has 0 heterocycles. The summed E-state index contributed by atoms with van der Waals surface area (Å²) in [4.78, 5) is 0. The van der Waals surface area contributed by atoms with Gasteiger partial charge in [0.1, 0.15) is 11.6 Å². The minimum atomic E-state index is -4.88. The maximum Gasteiger partial charge on any atom is 0.419 e. The fraction of sp³-hybridized carbons (Fsp3) is 0.125. The normalized spacial score (nSPS) is 12.3. The van der Waals surface area contributed by atoms with E-state index in [-0.39, 0.29) is 0 Å². The van der Waals surface area contributed by atoms with E-state index in [4.69, 9.17) is 0 Å². The summed E-state index contributed by atoms with van der Waals surface area (Å²) >= 11 is 0. The van der Waals surface area contributed by atoms with E-state index in [0.29, 0.717) is 18.3 Å². The van der Waals surface area contributed by atoms with E-state index in [0.717, 1.165) is 0 Å². The first-order chi connectivity index (χ1) is 6.88. The van der Waals surface area contributed by atoms with Gasteiger partial charge in [0.2, 0.25) is 0 Å². The highest BCUT2D eigenvalue weighted by atomic mass is 19.4. The monoisotopic (exact) mass is 224 g/mol. The van der Waals surface area contributed by atoms with Gasteiger partial charge in [-0.2, -0.15) is 18.3 Å². The molecule has 0 saturated heterocycles. The van der Waals surface area contributed by atoms with Crippen molar-refractivity contribution in [3.63, 3.8) is 0 Å². The second-order valence-electron chi connectivity index (χ2n) is 2.60. The average molecular weight is 224 g/mol. The molecule has 0 aliphatic heterocycles. The SMILES string of the molecule is NN=Cc1c(F)ccc(C(F)(F)F)c1F. The van der Waals surface area contributed by atoms with Crippen molar-refractivity contribution in [1.82, 2.24) is 0 Å². The molecule has 7 heteroatoms. The Labute approximate surface area is 81.2 Å². The molecule has 1 aromatic carbocycles. The average Bonchev–Trinajstić information content (AvgIpc) is 2.09. The van der Waals surface area contributed by atoms with Crippen molar-refractivity contribution < 1.29 is 22.0 Å². The predicted octanol–water partition coefficient (Wildman–Crippen LogP) is 2.28. The molecule has 0 bridgehead atoms. The predicted molar refractivity (Wildman–Crippen MR) is 43.1 cm³/mol. The van der Waals surface area contributed by atoms with E-state index < -0.39 is 28.9 Å². The van der Waals surface area contributed by atoms with E-state index >= 15 is 0 Å². The molecule has 82 valence electrons. The molecule has 0 atom stereocenters. The van der Waals surface area contributed by atoms with Crippen molar-refractivity contribution in [3.8, 4) is 0 Å². The zero-order valence-electron chi connectivity index (χ0n) is 7.15. The van der Waals surface area contributed by atoms with Crippen molar-refractivity contribution in [2.45, 2.75) is 6.18 Å². The van der Waals surface area contributed by atoms with Crippen LogP contribution in [0.1, 0.15) is 11.1 Å². The van der Waals surface area contributed by atoms with E-state index in [2.05, 4.69) is 10.9 Å². The lowest BCUT2D eigenvalue weighted by molar-refractivity contribution is -0.140. The van der Waals surface area contributed by atoms with Crippen LogP contribution < -0.4 is 5.84 Å². The van der Waals surface area contributed by atoms with Crippen molar-refractivity contribution in [2.75, 3.05) is 0 Å². The second kappa shape index (κ2) is 3.84. The lowest BCUT2D eigenvalue weighted by atomic mass is 10.1. The second-order valence-corrected chi connectivity index (χ2v) is 2.60. The van der Waals surface area contributed by atoms with Gasteiger partial charge >= 0.3 is 6.18 Å². The number of hydrogen-bond acceptors (Lipinski definition) is 2. The number of nitrogens with zero attached hydrogens (tertiary/aromatic N) is 1. The highest BCUT2D eigenvalue weighted by Gasteiger charge is 2.35. The summed E-state index contributed by atoms with van der Waals surface area (Å²) in [6.45, 7) is 0. The lowest BCUT2D eigenvalue weighted by Gasteiger charge is -2.09. The van der Waals surface area contributed by atoms with Crippen molar-refractivity contribution in [2.24, 2.45) is 10.9 Å². The van der Waals surface area contributed by atoms with Gasteiger partial charge in [-0.15, -0.1) is 0 Å². The maximum atomic E-state index is 13.1. The summed E-state index contributed by atoms with van der Waals surface area (Å²) in [6.07, 6.45) is -4.39. The van der Waals surface area contributed by atoms with Gasteiger partial charge in [0, 0.05) is 0 Å². The molecule has 15 heavy (non-hydrogen) atoms. The van der Waals surface area contributed by atoms with Gasteiger partial charge in [-0.3, -0.25) is 0 Å². The molecule has 1 aromatic rings. The Morgan fingerprint density at radius 1 is 1.20 bits per heavy atom. The Morgan fingerprint density at radius 3 is 2.27 bits per heavy atom. The number of alkyl halides is 3. The molecule has 0 saturated carbocycles. The highest BCUT2D eigenvalue weighted by Crippen LogP contribution is 2.32. The summed E-state index contributed by atoms with van der Waals surface area (Å²) in [5.74, 6) is 1.73. The van der Waals surface area contributed by atoms with Crippen LogP contribution in [0.4, 0.5) is 22.0 Å². The number of hydrogen-bond donors (Lipinski definition) is 1. The molecule has 0 spiro atoms. The molecular formula is C8H5F5N2. The van der Waals surface area contributed by atoms with Gasteiger partial charge < -0.3 is 5.84 Å². The molecule has 0 radical (unpaired) electrons. The van der Waals surface area contributed by atoms with Crippen LogP contribution in [-0.4, -0.2) is 6.21 Å². The Balaban J connectivity index is 3.41. The van der Waals surface area contributed by atoms with Crippen LogP contribution in [0.25, 0.3) is 0 Å². The number of benzene rings is 1. The van der Waals surface area contributed by atoms with Crippen LogP contribution >= 0.6 is 0 Å². The summed E-state index contributed by atoms with van der Waals surface area (Å²) in [6, 6.07) is 0.821. The quantitative estimate of drug-likeness (QED) is 0.338. The van der Waals surface area contributed by atoms with Gasteiger partial charge in [0.05, 0.1) is 17.3 Å². The molecule has 0 fully saturated rings. The standard InChI is InChI=1S/C8H5F5N2/c9-6-2-1-5(8(11,12)13)7(10)4(6)3-15-14/h1-3H,14H2. The first-order valence-electron chi connectivity index (χ1n) is 3.66. The van der Waals surface area contributed by atoms with E-state index in [9.17, 15) is 22.0 Å². The number of nitrogens with two attached hydrogens (primary N) is 1. The van der Waals surface area contributed by atoms with Crippen molar-refractivity contribution in [3.05, 3.63) is 34.9 Å². The number of rotatable bonds is 1. The first-order valence-corrected chi connectivity index (χ1v) is 3.66. The third-order valence-corrected chi connectivity index (χ3v) is 1.64. The Kier molecular flexibility index (Phi) is 2.92. The topological polar surface area (TPSA) is 38.4 Å². The van der Waals surface area contributed by atoms with E-state index in [1.54, 1.807) is 0 Å². The zero-order chi connectivity index (χ0) is 11.6. The van der Waals surface area contributed by atoms with E-state index in [1.165, 1.54) is 0 Å².